The molecule has 0 radical (unpaired) electrons. The number of hydrogen-bond acceptors (Lipinski definition) is 6. The first-order chi connectivity index (χ1) is 18.9. The van der Waals surface area contributed by atoms with E-state index in [0.29, 0.717) is 5.75 Å². The minimum atomic E-state index is -3.89. The van der Waals surface area contributed by atoms with Gasteiger partial charge in [0.1, 0.15) is 5.75 Å². The van der Waals surface area contributed by atoms with Gasteiger partial charge < -0.3 is 9.26 Å². The molecule has 1 aromatic heterocycles. The molecule has 0 saturated carbocycles. The van der Waals surface area contributed by atoms with Gasteiger partial charge in [0.15, 0.2) is 11.9 Å². The summed E-state index contributed by atoms with van der Waals surface area (Å²) in [7, 11) is -3.89. The van der Waals surface area contributed by atoms with E-state index in [1.54, 1.807) is 43.3 Å². The van der Waals surface area contributed by atoms with Crippen molar-refractivity contribution in [2.24, 2.45) is 11.8 Å². The zero-order chi connectivity index (χ0) is 29.1. The number of aromatic nitrogens is 2. The third-order valence-corrected chi connectivity index (χ3v) is 9.17. The number of nitrogens with one attached hydrogen (secondary N) is 1. The number of rotatable bonds is 11. The molecule has 11 heteroatoms. The third kappa shape index (κ3) is 6.63. The molecule has 9 nitrogen and oxygen atoms in total. The first kappa shape index (κ1) is 29.9. The van der Waals surface area contributed by atoms with Crippen molar-refractivity contribution < 1.29 is 22.7 Å². The van der Waals surface area contributed by atoms with Crippen LogP contribution >= 0.6 is 7.75 Å². The van der Waals surface area contributed by atoms with Gasteiger partial charge >= 0.3 is 13.4 Å². The maximum absolute atomic E-state index is 16.2. The van der Waals surface area contributed by atoms with E-state index in [1.165, 1.54) is 19.2 Å². The predicted octanol–water partition coefficient (Wildman–Crippen LogP) is 5.16. The lowest BCUT2D eigenvalue weighted by molar-refractivity contribution is -0.0599. The number of hydrogen-bond donors (Lipinski definition) is 1. The Hall–Kier alpha value is -3.04. The van der Waals surface area contributed by atoms with Crippen molar-refractivity contribution in [3.05, 3.63) is 99.3 Å². The lowest BCUT2D eigenvalue weighted by Gasteiger charge is -2.27. The van der Waals surface area contributed by atoms with E-state index in [4.69, 9.17) is 13.8 Å². The number of alkyl halides is 1. The van der Waals surface area contributed by atoms with Gasteiger partial charge in [0.2, 0.25) is 0 Å². The van der Waals surface area contributed by atoms with E-state index in [0.717, 1.165) is 14.7 Å². The molecule has 40 heavy (non-hydrogen) atoms. The van der Waals surface area contributed by atoms with Crippen molar-refractivity contribution in [2.45, 2.75) is 65.2 Å². The standard InChI is InChI=1S/C29H37FN3O6P/c1-20(2)22(4)31-40(36,39-24-14-10-7-11-15-24)37-19-25-21(3)29(5,30)27(38-25)32-17-16-26(34)33(28(32)35)18-23-12-8-6-9-13-23/h6-17,20-22,25,27H,18-19H2,1-5H3,(H,31,36)/t21-,22+,25-,27-,29-,40?/m1/s1. The summed E-state index contributed by atoms with van der Waals surface area (Å²) in [5, 5.41) is 2.96. The summed E-state index contributed by atoms with van der Waals surface area (Å²) in [5.41, 5.74) is -2.44. The fraction of sp³-hybridized carbons (Fsp3) is 0.448. The van der Waals surface area contributed by atoms with E-state index < -0.39 is 42.9 Å². The second-order valence-electron chi connectivity index (χ2n) is 10.7. The fourth-order valence-electron chi connectivity index (χ4n) is 4.43. The SMILES string of the molecule is CC(C)[C@H](C)NP(=O)(OC[C@H]1O[C@@H](n2ccc(=O)n(Cc3ccccc3)c2=O)[C@](C)(F)[C@@H]1C)Oc1ccccc1. The normalized spacial score (nSPS) is 25.0. The van der Waals surface area contributed by atoms with Crippen LogP contribution in [-0.2, 0) is 20.4 Å². The topological polar surface area (TPSA) is 101 Å². The first-order valence-corrected chi connectivity index (χ1v) is 14.9. The largest absolute Gasteiger partial charge is 0.459 e. The molecule has 6 atom stereocenters. The molecule has 1 unspecified atom stereocenters. The third-order valence-electron chi connectivity index (χ3n) is 7.51. The molecular weight excluding hydrogens is 536 g/mol. The second-order valence-corrected chi connectivity index (χ2v) is 12.4. The van der Waals surface area contributed by atoms with E-state index >= 15 is 4.39 Å². The number of halogens is 1. The van der Waals surface area contributed by atoms with Crippen LogP contribution in [0.1, 0.15) is 46.4 Å². The van der Waals surface area contributed by atoms with Crippen molar-refractivity contribution in [3.8, 4) is 5.75 Å². The average Bonchev–Trinajstić information content (AvgIpc) is 3.14. The summed E-state index contributed by atoms with van der Waals surface area (Å²) in [6, 6.07) is 18.7. The minimum Gasteiger partial charge on any atom is -0.413 e. The Labute approximate surface area is 233 Å². The van der Waals surface area contributed by atoms with Crippen molar-refractivity contribution in [1.29, 1.82) is 0 Å². The van der Waals surface area contributed by atoms with Gasteiger partial charge in [-0.1, -0.05) is 69.3 Å². The zero-order valence-corrected chi connectivity index (χ0v) is 24.3. The summed E-state index contributed by atoms with van der Waals surface area (Å²) in [5.74, 6) is -0.253. The molecule has 4 rings (SSSR count). The summed E-state index contributed by atoms with van der Waals surface area (Å²) in [4.78, 5) is 25.9. The molecule has 216 valence electrons. The van der Waals surface area contributed by atoms with Gasteiger partial charge in [0, 0.05) is 24.2 Å². The van der Waals surface area contributed by atoms with Crippen LogP contribution in [0, 0.1) is 11.8 Å². The molecule has 1 aliphatic heterocycles. The quantitative estimate of drug-likeness (QED) is 0.317. The molecule has 0 aliphatic carbocycles. The van der Waals surface area contributed by atoms with Gasteiger partial charge in [-0.05, 0) is 37.5 Å². The van der Waals surface area contributed by atoms with Crippen LogP contribution in [0.5, 0.6) is 5.75 Å². The molecule has 3 aromatic rings. The van der Waals surface area contributed by atoms with Gasteiger partial charge in [-0.2, -0.15) is 0 Å². The van der Waals surface area contributed by atoms with E-state index in [2.05, 4.69) is 5.09 Å². The summed E-state index contributed by atoms with van der Waals surface area (Å²) in [6.45, 7) is 8.60. The summed E-state index contributed by atoms with van der Waals surface area (Å²) in [6.07, 6.45) is -0.937. The van der Waals surface area contributed by atoms with Crippen molar-refractivity contribution >= 4 is 7.75 Å². The highest BCUT2D eigenvalue weighted by atomic mass is 31.2. The monoisotopic (exact) mass is 573 g/mol. The Balaban J connectivity index is 1.56. The molecule has 1 N–H and O–H groups in total. The Morgan fingerprint density at radius 1 is 1.05 bits per heavy atom. The lowest BCUT2D eigenvalue weighted by Crippen LogP contribution is -2.44. The maximum atomic E-state index is 16.2. The molecule has 1 saturated heterocycles. The molecule has 2 aromatic carbocycles. The maximum Gasteiger partial charge on any atom is 0.459 e. The summed E-state index contributed by atoms with van der Waals surface area (Å²) < 4.78 is 49.7. The van der Waals surface area contributed by atoms with Crippen LogP contribution in [0.15, 0.2) is 82.5 Å². The number of benzene rings is 2. The Bertz CT molecular complexity index is 1440. The highest BCUT2D eigenvalue weighted by molar-refractivity contribution is 7.52. The van der Waals surface area contributed by atoms with E-state index in [1.807, 2.05) is 45.0 Å². The Kier molecular flexibility index (Phi) is 9.15. The van der Waals surface area contributed by atoms with Gasteiger partial charge in [0.25, 0.3) is 5.56 Å². The minimum absolute atomic E-state index is 0.0386. The van der Waals surface area contributed by atoms with Crippen molar-refractivity contribution in [2.75, 3.05) is 6.61 Å². The highest BCUT2D eigenvalue weighted by Crippen LogP contribution is 2.49. The number of ether oxygens (including phenoxy) is 1. The van der Waals surface area contributed by atoms with Crippen LogP contribution in [-0.4, -0.2) is 33.6 Å². The first-order valence-electron chi connectivity index (χ1n) is 13.4. The highest BCUT2D eigenvalue weighted by Gasteiger charge is 2.54. The number of nitrogens with zero attached hydrogens (tertiary/aromatic N) is 2. The van der Waals surface area contributed by atoms with Crippen LogP contribution in [0.3, 0.4) is 0 Å². The van der Waals surface area contributed by atoms with Gasteiger partial charge in [0.05, 0.1) is 19.3 Å². The van der Waals surface area contributed by atoms with Crippen LogP contribution in [0.2, 0.25) is 0 Å². The molecular formula is C29H37FN3O6P. The van der Waals surface area contributed by atoms with Gasteiger partial charge in [-0.25, -0.2) is 18.8 Å². The fourth-order valence-corrected chi connectivity index (χ4v) is 6.15. The van der Waals surface area contributed by atoms with Crippen LogP contribution < -0.4 is 20.9 Å². The predicted molar refractivity (Wildman–Crippen MR) is 151 cm³/mol. The smallest absolute Gasteiger partial charge is 0.413 e. The molecule has 0 amide bonds. The molecule has 0 spiro atoms. The second kappa shape index (κ2) is 12.2. The van der Waals surface area contributed by atoms with E-state index in [9.17, 15) is 14.2 Å². The lowest BCUT2D eigenvalue weighted by atomic mass is 9.90. The van der Waals surface area contributed by atoms with E-state index in [-0.39, 0.29) is 25.1 Å². The Morgan fingerprint density at radius 2 is 1.68 bits per heavy atom. The average molecular weight is 574 g/mol. The van der Waals surface area contributed by atoms with Crippen molar-refractivity contribution in [3.63, 3.8) is 0 Å². The van der Waals surface area contributed by atoms with Crippen LogP contribution in [0.4, 0.5) is 4.39 Å². The van der Waals surface area contributed by atoms with Crippen LogP contribution in [0.25, 0.3) is 0 Å². The zero-order valence-electron chi connectivity index (χ0n) is 23.4. The molecule has 1 fully saturated rings. The molecule has 2 heterocycles. The van der Waals surface area contributed by atoms with Gasteiger partial charge in [-0.15, -0.1) is 0 Å². The number of para-hydroxylation sites is 1. The summed E-state index contributed by atoms with van der Waals surface area (Å²) >= 11 is 0. The molecule has 0 bridgehead atoms. The Morgan fingerprint density at radius 3 is 2.30 bits per heavy atom. The molecule has 1 aliphatic rings. The van der Waals surface area contributed by atoms with Gasteiger partial charge in [-0.3, -0.25) is 18.5 Å². The van der Waals surface area contributed by atoms with Crippen molar-refractivity contribution in [1.82, 2.24) is 14.2 Å².